The average molecular weight is 308 g/mol. The minimum atomic E-state index is -0.482. The number of furan rings is 1. The van der Waals surface area contributed by atoms with E-state index in [0.29, 0.717) is 12.1 Å². The first-order chi connectivity index (χ1) is 10.1. The molecule has 2 rings (SSSR count). The second kappa shape index (κ2) is 7.73. The zero-order valence-electron chi connectivity index (χ0n) is 11.5. The molecule has 0 aliphatic heterocycles. The molecule has 0 unspecified atom stereocenters. The molecule has 0 saturated heterocycles. The SMILES string of the molecule is Nc1ccc(F)c(NC(=O)CCCSCc2ccco2)c1. The van der Waals surface area contributed by atoms with Crippen LogP contribution in [0.2, 0.25) is 0 Å². The maximum atomic E-state index is 13.4. The highest BCUT2D eigenvalue weighted by atomic mass is 32.2. The van der Waals surface area contributed by atoms with E-state index in [-0.39, 0.29) is 11.6 Å². The number of hydrogen-bond donors (Lipinski definition) is 2. The quantitative estimate of drug-likeness (QED) is 0.605. The molecule has 1 amide bonds. The average Bonchev–Trinajstić information content (AvgIpc) is 2.96. The topological polar surface area (TPSA) is 68.3 Å². The van der Waals surface area contributed by atoms with E-state index in [1.165, 1.54) is 18.2 Å². The molecule has 1 heterocycles. The van der Waals surface area contributed by atoms with Gasteiger partial charge >= 0.3 is 0 Å². The summed E-state index contributed by atoms with van der Waals surface area (Å²) < 4.78 is 18.7. The molecule has 0 aliphatic rings. The van der Waals surface area contributed by atoms with Crippen LogP contribution in [-0.4, -0.2) is 11.7 Å². The number of nitrogens with one attached hydrogen (secondary N) is 1. The van der Waals surface area contributed by atoms with Crippen molar-refractivity contribution in [3.63, 3.8) is 0 Å². The van der Waals surface area contributed by atoms with E-state index in [1.54, 1.807) is 18.0 Å². The van der Waals surface area contributed by atoms with Crippen molar-refractivity contribution >= 4 is 29.0 Å². The number of nitrogens with two attached hydrogens (primary N) is 1. The second-order valence-electron chi connectivity index (χ2n) is 4.52. The van der Waals surface area contributed by atoms with Crippen LogP contribution in [0, 0.1) is 5.82 Å². The Labute approximate surface area is 126 Å². The Bertz CT molecular complexity index is 587. The van der Waals surface area contributed by atoms with E-state index in [4.69, 9.17) is 10.2 Å². The molecule has 0 aliphatic carbocycles. The van der Waals surface area contributed by atoms with Crippen LogP contribution in [0.1, 0.15) is 18.6 Å². The van der Waals surface area contributed by atoms with Gasteiger partial charge in [-0.15, -0.1) is 0 Å². The largest absolute Gasteiger partial charge is 0.468 e. The van der Waals surface area contributed by atoms with E-state index in [1.807, 2.05) is 12.1 Å². The number of benzene rings is 1. The van der Waals surface area contributed by atoms with E-state index in [0.717, 1.165) is 23.7 Å². The minimum Gasteiger partial charge on any atom is -0.468 e. The Kier molecular flexibility index (Phi) is 5.68. The van der Waals surface area contributed by atoms with Crippen molar-refractivity contribution in [1.29, 1.82) is 0 Å². The van der Waals surface area contributed by atoms with Crippen LogP contribution in [-0.2, 0) is 10.5 Å². The summed E-state index contributed by atoms with van der Waals surface area (Å²) in [6.45, 7) is 0. The van der Waals surface area contributed by atoms with Crippen LogP contribution < -0.4 is 11.1 Å². The summed E-state index contributed by atoms with van der Waals surface area (Å²) in [7, 11) is 0. The number of hydrogen-bond acceptors (Lipinski definition) is 4. The molecule has 0 radical (unpaired) electrons. The normalized spacial score (nSPS) is 10.5. The lowest BCUT2D eigenvalue weighted by Crippen LogP contribution is -2.12. The summed E-state index contributed by atoms with van der Waals surface area (Å²) in [4.78, 5) is 11.7. The van der Waals surface area contributed by atoms with E-state index in [9.17, 15) is 9.18 Å². The van der Waals surface area contributed by atoms with Crippen LogP contribution in [0.25, 0.3) is 0 Å². The molecular weight excluding hydrogens is 291 g/mol. The van der Waals surface area contributed by atoms with Gasteiger partial charge in [-0.3, -0.25) is 4.79 Å². The van der Waals surface area contributed by atoms with Gasteiger partial charge in [-0.25, -0.2) is 4.39 Å². The maximum absolute atomic E-state index is 13.4. The second-order valence-corrected chi connectivity index (χ2v) is 5.63. The summed E-state index contributed by atoms with van der Waals surface area (Å²) in [6.07, 6.45) is 2.71. The number of carbonyl (C=O) groups excluding carboxylic acids is 1. The molecule has 0 atom stereocenters. The Morgan fingerprint density at radius 3 is 3.00 bits per heavy atom. The van der Waals surface area contributed by atoms with Crippen LogP contribution in [0.5, 0.6) is 0 Å². The Balaban J connectivity index is 1.66. The lowest BCUT2D eigenvalue weighted by Gasteiger charge is -2.07. The van der Waals surface area contributed by atoms with Gasteiger partial charge in [0, 0.05) is 12.1 Å². The van der Waals surface area contributed by atoms with Crippen LogP contribution in [0.15, 0.2) is 41.0 Å². The fourth-order valence-corrected chi connectivity index (χ4v) is 2.61. The van der Waals surface area contributed by atoms with Crippen molar-refractivity contribution < 1.29 is 13.6 Å². The number of anilines is 2. The van der Waals surface area contributed by atoms with Gasteiger partial charge in [-0.05, 0) is 42.5 Å². The van der Waals surface area contributed by atoms with Gasteiger partial charge < -0.3 is 15.5 Å². The Morgan fingerprint density at radius 1 is 1.38 bits per heavy atom. The first kappa shape index (κ1) is 15.4. The van der Waals surface area contributed by atoms with Gasteiger partial charge in [0.15, 0.2) is 0 Å². The van der Waals surface area contributed by atoms with Gasteiger partial charge in [0.2, 0.25) is 5.91 Å². The molecular formula is C15H17FN2O2S. The number of amides is 1. The highest BCUT2D eigenvalue weighted by Gasteiger charge is 2.07. The lowest BCUT2D eigenvalue weighted by molar-refractivity contribution is -0.116. The molecule has 3 N–H and O–H groups in total. The highest BCUT2D eigenvalue weighted by molar-refractivity contribution is 7.98. The van der Waals surface area contributed by atoms with Gasteiger partial charge in [0.05, 0.1) is 17.7 Å². The number of thioether (sulfide) groups is 1. The Morgan fingerprint density at radius 2 is 2.24 bits per heavy atom. The molecule has 2 aromatic rings. The first-order valence-electron chi connectivity index (χ1n) is 6.60. The van der Waals surface area contributed by atoms with Crippen molar-refractivity contribution in [2.24, 2.45) is 0 Å². The standard InChI is InChI=1S/C15H17FN2O2S/c16-13-6-5-11(17)9-14(13)18-15(19)4-2-8-21-10-12-3-1-7-20-12/h1,3,5-7,9H,2,4,8,10,17H2,(H,18,19). The summed E-state index contributed by atoms with van der Waals surface area (Å²) >= 11 is 1.70. The van der Waals surface area contributed by atoms with Crippen LogP contribution in [0.3, 0.4) is 0 Å². The summed E-state index contributed by atoms with van der Waals surface area (Å²) in [6, 6.07) is 7.88. The Hall–Kier alpha value is -1.95. The zero-order valence-corrected chi connectivity index (χ0v) is 12.3. The number of nitrogen functional groups attached to an aromatic ring is 1. The monoisotopic (exact) mass is 308 g/mol. The van der Waals surface area contributed by atoms with Gasteiger partial charge in [-0.2, -0.15) is 11.8 Å². The molecule has 0 fully saturated rings. The number of rotatable bonds is 7. The molecule has 0 spiro atoms. The fourth-order valence-electron chi connectivity index (χ4n) is 1.75. The summed E-state index contributed by atoms with van der Waals surface area (Å²) in [5, 5.41) is 2.53. The van der Waals surface area contributed by atoms with Gasteiger partial charge in [0.25, 0.3) is 0 Å². The predicted molar refractivity (Wildman–Crippen MR) is 83.5 cm³/mol. The summed E-state index contributed by atoms with van der Waals surface area (Å²) in [5.41, 5.74) is 6.10. The third-order valence-corrected chi connectivity index (χ3v) is 3.85. The van der Waals surface area contributed by atoms with Crippen LogP contribution >= 0.6 is 11.8 Å². The third-order valence-electron chi connectivity index (χ3n) is 2.78. The summed E-state index contributed by atoms with van der Waals surface area (Å²) in [5.74, 6) is 1.86. The van der Waals surface area contributed by atoms with Gasteiger partial charge in [0.1, 0.15) is 11.6 Å². The molecule has 21 heavy (non-hydrogen) atoms. The van der Waals surface area contributed by atoms with Crippen molar-refractivity contribution in [3.8, 4) is 0 Å². The minimum absolute atomic E-state index is 0.128. The third kappa shape index (κ3) is 5.15. The smallest absolute Gasteiger partial charge is 0.224 e. The van der Waals surface area contributed by atoms with E-state index < -0.39 is 5.82 Å². The van der Waals surface area contributed by atoms with E-state index in [2.05, 4.69) is 5.32 Å². The van der Waals surface area contributed by atoms with Crippen molar-refractivity contribution in [2.45, 2.75) is 18.6 Å². The van der Waals surface area contributed by atoms with Gasteiger partial charge in [-0.1, -0.05) is 0 Å². The molecule has 1 aromatic carbocycles. The van der Waals surface area contributed by atoms with Crippen molar-refractivity contribution in [2.75, 3.05) is 16.8 Å². The van der Waals surface area contributed by atoms with Crippen molar-refractivity contribution in [3.05, 3.63) is 48.2 Å². The lowest BCUT2D eigenvalue weighted by atomic mass is 10.2. The first-order valence-corrected chi connectivity index (χ1v) is 7.75. The molecule has 6 heteroatoms. The van der Waals surface area contributed by atoms with E-state index >= 15 is 0 Å². The maximum Gasteiger partial charge on any atom is 0.224 e. The van der Waals surface area contributed by atoms with Crippen LogP contribution in [0.4, 0.5) is 15.8 Å². The number of carbonyl (C=O) groups is 1. The molecule has 112 valence electrons. The van der Waals surface area contributed by atoms with Crippen molar-refractivity contribution in [1.82, 2.24) is 0 Å². The molecule has 0 saturated carbocycles. The molecule has 1 aromatic heterocycles. The highest BCUT2D eigenvalue weighted by Crippen LogP contribution is 2.18. The number of halogens is 1. The molecule has 0 bridgehead atoms. The zero-order chi connectivity index (χ0) is 15.1. The fraction of sp³-hybridized carbons (Fsp3) is 0.267. The predicted octanol–water partition coefficient (Wildman–Crippen LogP) is 3.65. The molecule has 4 nitrogen and oxygen atoms in total.